The molecular weight excluding hydrogens is 216 g/mol. The zero-order valence-electron chi connectivity index (χ0n) is 10.9. The van der Waals surface area contributed by atoms with Crippen LogP contribution in [-0.4, -0.2) is 11.0 Å². The standard InChI is InChI=1S/C13H20N2O2/c1-5-12(9(2)3)14-13-7-6-11(15(16)17)8-10(13)4/h6-9,12,14H,5H2,1-4H3. The number of nitrogens with one attached hydrogen (secondary N) is 1. The number of nitrogens with zero attached hydrogens (tertiary/aromatic N) is 1. The second-order valence-corrected chi connectivity index (χ2v) is 4.66. The third kappa shape index (κ3) is 3.44. The van der Waals surface area contributed by atoms with Crippen LogP contribution in [0.25, 0.3) is 0 Å². The van der Waals surface area contributed by atoms with Gasteiger partial charge in [-0.2, -0.15) is 0 Å². The normalized spacial score (nSPS) is 12.5. The maximum absolute atomic E-state index is 10.6. The largest absolute Gasteiger partial charge is 0.382 e. The number of benzene rings is 1. The SMILES string of the molecule is CCC(Nc1ccc([N+](=O)[O-])cc1C)C(C)C. The Kier molecular flexibility index (Phi) is 4.49. The first kappa shape index (κ1) is 13.5. The topological polar surface area (TPSA) is 55.2 Å². The van der Waals surface area contributed by atoms with E-state index in [0.29, 0.717) is 12.0 Å². The van der Waals surface area contributed by atoms with Gasteiger partial charge in [-0.15, -0.1) is 0 Å². The zero-order valence-corrected chi connectivity index (χ0v) is 10.9. The Labute approximate surface area is 102 Å². The first-order valence-electron chi connectivity index (χ1n) is 5.97. The molecule has 0 aliphatic carbocycles. The Morgan fingerprint density at radius 1 is 1.41 bits per heavy atom. The maximum Gasteiger partial charge on any atom is 0.269 e. The summed E-state index contributed by atoms with van der Waals surface area (Å²) in [6, 6.07) is 5.34. The predicted molar refractivity (Wildman–Crippen MR) is 70.4 cm³/mol. The van der Waals surface area contributed by atoms with Crippen LogP contribution in [0.5, 0.6) is 0 Å². The van der Waals surface area contributed by atoms with Crippen LogP contribution < -0.4 is 5.32 Å². The minimum absolute atomic E-state index is 0.144. The fraction of sp³-hybridized carbons (Fsp3) is 0.538. The fourth-order valence-corrected chi connectivity index (χ4v) is 1.86. The molecule has 0 aliphatic heterocycles. The molecule has 0 saturated carbocycles. The van der Waals surface area contributed by atoms with Gasteiger partial charge in [0, 0.05) is 23.9 Å². The lowest BCUT2D eigenvalue weighted by Gasteiger charge is -2.23. The van der Waals surface area contributed by atoms with Crippen LogP contribution in [0.4, 0.5) is 11.4 Å². The van der Waals surface area contributed by atoms with Gasteiger partial charge in [-0.3, -0.25) is 10.1 Å². The summed E-state index contributed by atoms with van der Waals surface area (Å²) in [4.78, 5) is 10.3. The van der Waals surface area contributed by atoms with Crippen molar-refractivity contribution in [1.29, 1.82) is 0 Å². The van der Waals surface area contributed by atoms with Gasteiger partial charge in [0.05, 0.1) is 4.92 Å². The van der Waals surface area contributed by atoms with Crippen LogP contribution in [0.1, 0.15) is 32.8 Å². The van der Waals surface area contributed by atoms with E-state index in [0.717, 1.165) is 17.7 Å². The number of aryl methyl sites for hydroxylation is 1. The lowest BCUT2D eigenvalue weighted by molar-refractivity contribution is -0.384. The van der Waals surface area contributed by atoms with Gasteiger partial charge in [-0.1, -0.05) is 20.8 Å². The Bertz CT molecular complexity index is 402. The highest BCUT2D eigenvalue weighted by molar-refractivity contribution is 5.55. The van der Waals surface area contributed by atoms with E-state index in [9.17, 15) is 10.1 Å². The van der Waals surface area contributed by atoms with Crippen LogP contribution in [-0.2, 0) is 0 Å². The van der Waals surface area contributed by atoms with Gasteiger partial charge in [0.25, 0.3) is 5.69 Å². The first-order valence-corrected chi connectivity index (χ1v) is 5.97. The third-order valence-electron chi connectivity index (χ3n) is 3.01. The molecule has 1 aromatic rings. The van der Waals surface area contributed by atoms with E-state index in [1.165, 1.54) is 0 Å². The summed E-state index contributed by atoms with van der Waals surface area (Å²) in [5, 5.41) is 14.1. The van der Waals surface area contributed by atoms with E-state index < -0.39 is 0 Å². The number of hydrogen-bond donors (Lipinski definition) is 1. The molecule has 94 valence electrons. The van der Waals surface area contributed by atoms with Crippen molar-refractivity contribution in [3.8, 4) is 0 Å². The van der Waals surface area contributed by atoms with Crippen molar-refractivity contribution in [2.24, 2.45) is 5.92 Å². The van der Waals surface area contributed by atoms with E-state index in [1.807, 2.05) is 6.92 Å². The Hall–Kier alpha value is -1.58. The molecule has 4 heteroatoms. The van der Waals surface area contributed by atoms with Gasteiger partial charge in [0.15, 0.2) is 0 Å². The van der Waals surface area contributed by atoms with Crippen LogP contribution in [0, 0.1) is 23.0 Å². The molecule has 0 fully saturated rings. The van der Waals surface area contributed by atoms with Crippen LogP contribution in [0.15, 0.2) is 18.2 Å². The van der Waals surface area contributed by atoms with E-state index in [-0.39, 0.29) is 10.6 Å². The smallest absolute Gasteiger partial charge is 0.269 e. The highest BCUT2D eigenvalue weighted by Gasteiger charge is 2.13. The van der Waals surface area contributed by atoms with Crippen LogP contribution in [0.3, 0.4) is 0 Å². The Morgan fingerprint density at radius 3 is 2.47 bits per heavy atom. The van der Waals surface area contributed by atoms with Crippen molar-refractivity contribution in [1.82, 2.24) is 0 Å². The highest BCUT2D eigenvalue weighted by atomic mass is 16.6. The van der Waals surface area contributed by atoms with Crippen molar-refractivity contribution >= 4 is 11.4 Å². The lowest BCUT2D eigenvalue weighted by atomic mass is 10.0. The Morgan fingerprint density at radius 2 is 2.06 bits per heavy atom. The summed E-state index contributed by atoms with van der Waals surface area (Å²) in [6.45, 7) is 8.37. The van der Waals surface area contributed by atoms with Gasteiger partial charge >= 0.3 is 0 Å². The predicted octanol–water partition coefficient (Wildman–Crippen LogP) is 3.75. The molecule has 1 atom stereocenters. The van der Waals surface area contributed by atoms with Crippen molar-refractivity contribution in [2.75, 3.05) is 5.32 Å². The first-order chi connectivity index (χ1) is 7.95. The highest BCUT2D eigenvalue weighted by Crippen LogP contribution is 2.23. The third-order valence-corrected chi connectivity index (χ3v) is 3.01. The van der Waals surface area contributed by atoms with Gasteiger partial charge in [-0.05, 0) is 30.9 Å². The van der Waals surface area contributed by atoms with Gasteiger partial charge in [-0.25, -0.2) is 0 Å². The monoisotopic (exact) mass is 236 g/mol. The van der Waals surface area contributed by atoms with E-state index in [4.69, 9.17) is 0 Å². The molecule has 1 N–H and O–H groups in total. The van der Waals surface area contributed by atoms with Gasteiger partial charge < -0.3 is 5.32 Å². The molecular formula is C13H20N2O2. The maximum atomic E-state index is 10.6. The van der Waals surface area contributed by atoms with Crippen molar-refractivity contribution in [2.45, 2.75) is 40.2 Å². The molecule has 1 rings (SSSR count). The van der Waals surface area contributed by atoms with Crippen LogP contribution >= 0.6 is 0 Å². The van der Waals surface area contributed by atoms with Crippen molar-refractivity contribution < 1.29 is 4.92 Å². The van der Waals surface area contributed by atoms with Gasteiger partial charge in [0.2, 0.25) is 0 Å². The molecule has 0 aliphatic rings. The molecule has 1 aromatic carbocycles. The molecule has 0 amide bonds. The zero-order chi connectivity index (χ0) is 13.0. The molecule has 0 heterocycles. The number of nitro groups is 1. The van der Waals surface area contributed by atoms with E-state index >= 15 is 0 Å². The van der Waals surface area contributed by atoms with Gasteiger partial charge in [0.1, 0.15) is 0 Å². The summed E-state index contributed by atoms with van der Waals surface area (Å²) >= 11 is 0. The summed E-state index contributed by atoms with van der Waals surface area (Å²) in [7, 11) is 0. The van der Waals surface area contributed by atoms with Crippen LogP contribution in [0.2, 0.25) is 0 Å². The quantitative estimate of drug-likeness (QED) is 0.625. The molecule has 4 nitrogen and oxygen atoms in total. The molecule has 0 spiro atoms. The van der Waals surface area contributed by atoms with E-state index in [1.54, 1.807) is 18.2 Å². The number of anilines is 1. The van der Waals surface area contributed by atoms with Crippen molar-refractivity contribution in [3.05, 3.63) is 33.9 Å². The minimum Gasteiger partial charge on any atom is -0.382 e. The molecule has 1 unspecified atom stereocenters. The second kappa shape index (κ2) is 5.66. The number of non-ortho nitro benzene ring substituents is 1. The number of rotatable bonds is 5. The summed E-state index contributed by atoms with van der Waals surface area (Å²) < 4.78 is 0. The molecule has 0 aromatic heterocycles. The summed E-state index contributed by atoms with van der Waals surface area (Å²) in [5.41, 5.74) is 2.04. The summed E-state index contributed by atoms with van der Waals surface area (Å²) in [6.07, 6.45) is 1.04. The fourth-order valence-electron chi connectivity index (χ4n) is 1.86. The lowest BCUT2D eigenvalue weighted by Crippen LogP contribution is -2.24. The minimum atomic E-state index is -0.365. The number of nitro benzene ring substituents is 1. The average molecular weight is 236 g/mol. The Balaban J connectivity index is 2.89. The van der Waals surface area contributed by atoms with E-state index in [2.05, 4.69) is 26.1 Å². The average Bonchev–Trinajstić information content (AvgIpc) is 2.26. The molecule has 0 radical (unpaired) electrons. The molecule has 0 saturated heterocycles. The number of hydrogen-bond acceptors (Lipinski definition) is 3. The molecule has 0 bridgehead atoms. The second-order valence-electron chi connectivity index (χ2n) is 4.66. The summed E-state index contributed by atoms with van der Waals surface area (Å²) in [5.74, 6) is 0.537. The molecule has 17 heavy (non-hydrogen) atoms. The van der Waals surface area contributed by atoms with Crippen molar-refractivity contribution in [3.63, 3.8) is 0 Å².